The van der Waals surface area contributed by atoms with Gasteiger partial charge in [-0.3, -0.25) is 4.99 Å². The van der Waals surface area contributed by atoms with Gasteiger partial charge in [0.2, 0.25) is 0 Å². The molecule has 3 nitrogen and oxygen atoms in total. The minimum atomic E-state index is 0.705. The average Bonchev–Trinajstić information content (AvgIpc) is 2.71. The largest absolute Gasteiger partial charge is 0.354 e. The van der Waals surface area contributed by atoms with E-state index in [4.69, 9.17) is 0 Å². The van der Waals surface area contributed by atoms with Crippen LogP contribution in [-0.4, -0.2) is 37.0 Å². The Morgan fingerprint density at radius 1 is 1.00 bits per heavy atom. The summed E-state index contributed by atoms with van der Waals surface area (Å²) in [5.41, 5.74) is 0. The Hall–Kier alpha value is -0.730. The van der Waals surface area contributed by atoms with Gasteiger partial charge in [-0.25, -0.2) is 0 Å². The molecule has 3 aliphatic rings. The van der Waals surface area contributed by atoms with E-state index >= 15 is 0 Å². The first-order valence-corrected chi connectivity index (χ1v) is 7.35. The van der Waals surface area contributed by atoms with E-state index in [0.717, 1.165) is 11.8 Å². The molecule has 2 saturated carbocycles. The number of aliphatic imine (C=N–C) groups is 1. The van der Waals surface area contributed by atoms with Crippen LogP contribution in [0.25, 0.3) is 0 Å². The quantitative estimate of drug-likeness (QED) is 0.557. The predicted octanol–water partition coefficient (Wildman–Crippen LogP) is 2.24. The van der Waals surface area contributed by atoms with E-state index in [1.54, 1.807) is 0 Å². The number of guanidine groups is 1. The first kappa shape index (κ1) is 11.4. The van der Waals surface area contributed by atoms with E-state index in [2.05, 4.69) is 15.2 Å². The van der Waals surface area contributed by atoms with Gasteiger partial charge in [0.1, 0.15) is 0 Å². The summed E-state index contributed by atoms with van der Waals surface area (Å²) in [6, 6.07) is 0.705. The lowest BCUT2D eigenvalue weighted by atomic mass is 9.82. The Bertz CT molecular complexity index is 282. The summed E-state index contributed by atoms with van der Waals surface area (Å²) in [7, 11) is 1.93. The molecule has 0 spiro atoms. The molecule has 2 atom stereocenters. The van der Waals surface area contributed by atoms with Gasteiger partial charge in [-0.15, -0.1) is 0 Å². The van der Waals surface area contributed by atoms with Gasteiger partial charge in [-0.2, -0.15) is 0 Å². The number of likely N-dealkylation sites (tertiary alicyclic amines) is 1. The molecule has 1 N–H and O–H groups in total. The van der Waals surface area contributed by atoms with E-state index in [9.17, 15) is 0 Å². The molecule has 2 unspecified atom stereocenters. The molecule has 0 bridgehead atoms. The maximum atomic E-state index is 4.48. The van der Waals surface area contributed by atoms with Gasteiger partial charge in [-0.05, 0) is 43.9 Å². The summed E-state index contributed by atoms with van der Waals surface area (Å²) in [5.74, 6) is 3.07. The van der Waals surface area contributed by atoms with Crippen molar-refractivity contribution in [1.82, 2.24) is 10.2 Å². The van der Waals surface area contributed by atoms with Crippen molar-refractivity contribution in [2.24, 2.45) is 16.8 Å². The van der Waals surface area contributed by atoms with Crippen LogP contribution in [0.15, 0.2) is 4.99 Å². The highest BCUT2D eigenvalue weighted by Gasteiger charge is 2.36. The molecule has 0 amide bonds. The molecule has 1 heterocycles. The van der Waals surface area contributed by atoms with Crippen LogP contribution in [0.5, 0.6) is 0 Å². The monoisotopic (exact) mass is 235 g/mol. The molecule has 3 fully saturated rings. The van der Waals surface area contributed by atoms with E-state index in [-0.39, 0.29) is 0 Å². The van der Waals surface area contributed by atoms with Crippen molar-refractivity contribution in [2.45, 2.75) is 51.0 Å². The smallest absolute Gasteiger partial charge is 0.193 e. The van der Waals surface area contributed by atoms with Crippen LogP contribution in [0, 0.1) is 11.8 Å². The van der Waals surface area contributed by atoms with Crippen LogP contribution >= 0.6 is 0 Å². The molecule has 0 radical (unpaired) electrons. The fourth-order valence-corrected chi connectivity index (χ4v) is 3.61. The van der Waals surface area contributed by atoms with Crippen LogP contribution in [0.1, 0.15) is 44.9 Å². The molecule has 17 heavy (non-hydrogen) atoms. The van der Waals surface area contributed by atoms with E-state index in [0.29, 0.717) is 6.04 Å². The van der Waals surface area contributed by atoms with Gasteiger partial charge in [0.05, 0.1) is 0 Å². The van der Waals surface area contributed by atoms with Gasteiger partial charge >= 0.3 is 0 Å². The van der Waals surface area contributed by atoms with Crippen LogP contribution in [0.4, 0.5) is 0 Å². The third kappa shape index (κ3) is 2.29. The molecule has 0 aromatic heterocycles. The van der Waals surface area contributed by atoms with Gasteiger partial charge < -0.3 is 10.2 Å². The highest BCUT2D eigenvalue weighted by atomic mass is 15.3. The number of fused-ring (bicyclic) bond motifs is 1. The molecule has 96 valence electrons. The van der Waals surface area contributed by atoms with Crippen molar-refractivity contribution in [3.8, 4) is 0 Å². The molecule has 2 aliphatic carbocycles. The maximum Gasteiger partial charge on any atom is 0.193 e. The second-order valence-corrected chi connectivity index (χ2v) is 6.03. The molecule has 0 aromatic carbocycles. The number of rotatable bonds is 1. The van der Waals surface area contributed by atoms with E-state index < -0.39 is 0 Å². The fourth-order valence-electron chi connectivity index (χ4n) is 3.61. The zero-order valence-electron chi connectivity index (χ0n) is 11.0. The van der Waals surface area contributed by atoms with Crippen molar-refractivity contribution < 1.29 is 0 Å². The summed E-state index contributed by atoms with van der Waals surface area (Å²) in [6.07, 6.45) is 9.84. The van der Waals surface area contributed by atoms with Gasteiger partial charge in [0.25, 0.3) is 0 Å². The Labute approximate surface area is 105 Å². The fraction of sp³-hybridized carbons (Fsp3) is 0.929. The lowest BCUT2D eigenvalue weighted by Crippen LogP contribution is -2.47. The summed E-state index contributed by atoms with van der Waals surface area (Å²) < 4.78 is 0. The summed E-state index contributed by atoms with van der Waals surface area (Å²) >= 11 is 0. The Morgan fingerprint density at radius 3 is 2.12 bits per heavy atom. The first-order chi connectivity index (χ1) is 8.36. The van der Waals surface area contributed by atoms with Crippen molar-refractivity contribution in [1.29, 1.82) is 0 Å². The normalized spacial score (nSPS) is 34.4. The number of nitrogens with one attached hydrogen (secondary N) is 1. The molecular weight excluding hydrogens is 210 g/mol. The Balaban J connectivity index is 1.59. The second kappa shape index (κ2) is 4.87. The lowest BCUT2D eigenvalue weighted by molar-refractivity contribution is 0.299. The van der Waals surface area contributed by atoms with Crippen molar-refractivity contribution in [3.05, 3.63) is 0 Å². The standard InChI is InChI=1S/C14H25N3/c1-15-14(16-13-7-4-8-13)17-9-11-5-2-3-6-12(11)10-17/h11-13H,2-10H2,1H3,(H,15,16). The van der Waals surface area contributed by atoms with Crippen molar-refractivity contribution in [2.75, 3.05) is 20.1 Å². The molecule has 1 saturated heterocycles. The molecule has 0 aromatic rings. The second-order valence-electron chi connectivity index (χ2n) is 6.03. The Kier molecular flexibility index (Phi) is 3.26. The van der Waals surface area contributed by atoms with Crippen LogP contribution in [0.3, 0.4) is 0 Å². The topological polar surface area (TPSA) is 27.6 Å². The third-order valence-corrected chi connectivity index (χ3v) is 4.93. The van der Waals surface area contributed by atoms with Crippen molar-refractivity contribution >= 4 is 5.96 Å². The van der Waals surface area contributed by atoms with E-state index in [1.165, 1.54) is 64.0 Å². The lowest BCUT2D eigenvalue weighted by Gasteiger charge is -2.31. The summed E-state index contributed by atoms with van der Waals surface area (Å²) in [4.78, 5) is 6.99. The van der Waals surface area contributed by atoms with Gasteiger partial charge in [0, 0.05) is 26.2 Å². The highest BCUT2D eigenvalue weighted by molar-refractivity contribution is 5.80. The number of hydrogen-bond acceptors (Lipinski definition) is 1. The number of hydrogen-bond donors (Lipinski definition) is 1. The maximum absolute atomic E-state index is 4.48. The first-order valence-electron chi connectivity index (χ1n) is 7.35. The predicted molar refractivity (Wildman–Crippen MR) is 71.2 cm³/mol. The highest BCUT2D eigenvalue weighted by Crippen LogP contribution is 2.36. The minimum Gasteiger partial charge on any atom is -0.354 e. The summed E-state index contributed by atoms with van der Waals surface area (Å²) in [5, 5.41) is 3.63. The van der Waals surface area contributed by atoms with Crippen molar-refractivity contribution in [3.63, 3.8) is 0 Å². The van der Waals surface area contributed by atoms with Crippen LogP contribution < -0.4 is 5.32 Å². The molecule has 3 rings (SSSR count). The molecule has 3 heteroatoms. The van der Waals surface area contributed by atoms with Crippen LogP contribution in [0.2, 0.25) is 0 Å². The summed E-state index contributed by atoms with van der Waals surface area (Å²) in [6.45, 7) is 2.49. The van der Waals surface area contributed by atoms with Crippen LogP contribution in [-0.2, 0) is 0 Å². The third-order valence-electron chi connectivity index (χ3n) is 4.93. The average molecular weight is 235 g/mol. The zero-order chi connectivity index (χ0) is 11.7. The van der Waals surface area contributed by atoms with E-state index in [1.807, 2.05) is 7.05 Å². The molecule has 1 aliphatic heterocycles. The SMILES string of the molecule is CN=C(NC1CCC1)N1CC2CCCCC2C1. The molecular formula is C14H25N3. The number of nitrogens with zero attached hydrogens (tertiary/aromatic N) is 2. The zero-order valence-corrected chi connectivity index (χ0v) is 11.0. The van der Waals surface area contributed by atoms with Gasteiger partial charge in [-0.1, -0.05) is 12.8 Å². The van der Waals surface area contributed by atoms with Gasteiger partial charge in [0.15, 0.2) is 5.96 Å². The Morgan fingerprint density at radius 2 is 1.65 bits per heavy atom. The minimum absolute atomic E-state index is 0.705.